The second kappa shape index (κ2) is 5.52. The smallest absolute Gasteiger partial charge is 0.296 e. The molecule has 0 aliphatic heterocycles. The van der Waals surface area contributed by atoms with E-state index in [-0.39, 0.29) is 16.2 Å². The highest BCUT2D eigenvalue weighted by Crippen LogP contribution is 2.23. The molecule has 0 fully saturated rings. The van der Waals surface area contributed by atoms with Crippen LogP contribution in [0.2, 0.25) is 0 Å². The number of ketones is 1. The van der Waals surface area contributed by atoms with Gasteiger partial charge in [0.2, 0.25) is 17.5 Å². The zero-order chi connectivity index (χ0) is 14.0. The van der Waals surface area contributed by atoms with E-state index in [1.54, 1.807) is 0 Å². The van der Waals surface area contributed by atoms with Crippen molar-refractivity contribution >= 4 is 21.7 Å². The van der Waals surface area contributed by atoms with E-state index in [0.29, 0.717) is 5.56 Å². The highest BCUT2D eigenvalue weighted by atomic mass is 79.9. The van der Waals surface area contributed by atoms with Gasteiger partial charge in [0, 0.05) is 5.56 Å². The average Bonchev–Trinajstić information content (AvgIpc) is 2.81. The number of hydrogen-bond donors (Lipinski definition) is 0. The molecule has 4 nitrogen and oxygen atoms in total. The van der Waals surface area contributed by atoms with Gasteiger partial charge in [0.25, 0.3) is 6.43 Å². The number of alkyl halides is 2. The molecule has 1 aromatic heterocycles. The van der Waals surface area contributed by atoms with Gasteiger partial charge in [0.15, 0.2) is 0 Å². The van der Waals surface area contributed by atoms with Crippen LogP contribution in [0.1, 0.15) is 5.89 Å². The Balaban J connectivity index is 2.21. The van der Waals surface area contributed by atoms with Crippen LogP contribution in [0.15, 0.2) is 27.2 Å². The van der Waals surface area contributed by atoms with Crippen LogP contribution in [-0.4, -0.2) is 22.3 Å². The molecule has 0 aliphatic carbocycles. The maximum atomic E-state index is 13.0. The Bertz CT molecular complexity index is 616. The number of rotatable bonds is 4. The van der Waals surface area contributed by atoms with Crippen molar-refractivity contribution in [1.82, 2.24) is 10.1 Å². The highest BCUT2D eigenvalue weighted by molar-refractivity contribution is 9.10. The molecule has 0 aliphatic rings. The lowest BCUT2D eigenvalue weighted by molar-refractivity contribution is -0.129. The molecule has 2 aromatic rings. The van der Waals surface area contributed by atoms with Crippen molar-refractivity contribution in [2.45, 2.75) is 12.8 Å². The molecular formula is C11H6BrF3N2O2. The molecule has 100 valence electrons. The normalized spacial score (nSPS) is 11.0. The van der Waals surface area contributed by atoms with E-state index in [1.807, 2.05) is 0 Å². The number of hydrogen-bond acceptors (Lipinski definition) is 4. The number of aromatic nitrogens is 2. The molecule has 0 amide bonds. The zero-order valence-corrected chi connectivity index (χ0v) is 10.8. The monoisotopic (exact) mass is 334 g/mol. The number of carbonyl (C=O) groups excluding carboxylic acids is 1. The summed E-state index contributed by atoms with van der Waals surface area (Å²) in [4.78, 5) is 14.6. The first-order valence-electron chi connectivity index (χ1n) is 5.06. The van der Waals surface area contributed by atoms with Gasteiger partial charge in [-0.1, -0.05) is 5.16 Å². The van der Waals surface area contributed by atoms with Crippen molar-refractivity contribution in [3.8, 4) is 11.4 Å². The number of halogens is 4. The van der Waals surface area contributed by atoms with Crippen LogP contribution in [0.4, 0.5) is 13.2 Å². The van der Waals surface area contributed by atoms with E-state index < -0.39 is 24.4 Å². The third-order valence-electron chi connectivity index (χ3n) is 2.21. The maximum Gasteiger partial charge on any atom is 0.296 e. The van der Waals surface area contributed by atoms with Gasteiger partial charge in [-0.25, -0.2) is 13.2 Å². The van der Waals surface area contributed by atoms with E-state index in [4.69, 9.17) is 0 Å². The molecule has 0 atom stereocenters. The summed E-state index contributed by atoms with van der Waals surface area (Å²) in [5, 5.41) is 3.54. The number of carbonyl (C=O) groups is 1. The van der Waals surface area contributed by atoms with Crippen LogP contribution in [0.5, 0.6) is 0 Å². The Morgan fingerprint density at radius 2 is 2.16 bits per heavy atom. The summed E-state index contributed by atoms with van der Waals surface area (Å²) < 4.78 is 42.0. The van der Waals surface area contributed by atoms with Crippen molar-refractivity contribution in [2.24, 2.45) is 0 Å². The summed E-state index contributed by atoms with van der Waals surface area (Å²) in [6.07, 6.45) is -3.71. The van der Waals surface area contributed by atoms with Crippen molar-refractivity contribution in [1.29, 1.82) is 0 Å². The lowest BCUT2D eigenvalue weighted by Gasteiger charge is -1.96. The van der Waals surface area contributed by atoms with Crippen molar-refractivity contribution in [2.75, 3.05) is 0 Å². The first-order chi connectivity index (χ1) is 8.97. The molecule has 1 aromatic carbocycles. The summed E-state index contributed by atoms with van der Waals surface area (Å²) in [6.45, 7) is 0. The van der Waals surface area contributed by atoms with Crippen LogP contribution in [0.25, 0.3) is 11.4 Å². The number of Topliss-reactive ketones (excluding diaryl/α,β-unsaturated/α-hetero) is 1. The predicted molar refractivity (Wildman–Crippen MR) is 62.1 cm³/mol. The van der Waals surface area contributed by atoms with Gasteiger partial charge in [-0.05, 0) is 34.1 Å². The topological polar surface area (TPSA) is 56.0 Å². The lowest BCUT2D eigenvalue weighted by Crippen LogP contribution is -2.12. The van der Waals surface area contributed by atoms with Crippen molar-refractivity contribution in [3.63, 3.8) is 0 Å². The third-order valence-corrected chi connectivity index (χ3v) is 2.82. The van der Waals surface area contributed by atoms with E-state index in [0.717, 1.165) is 0 Å². The zero-order valence-electron chi connectivity index (χ0n) is 9.24. The molecule has 0 N–H and O–H groups in total. The minimum absolute atomic E-state index is 0.0952. The molecule has 1 heterocycles. The van der Waals surface area contributed by atoms with E-state index in [9.17, 15) is 18.0 Å². The molecule has 2 rings (SSSR count). The minimum atomic E-state index is -3.07. The van der Waals surface area contributed by atoms with Gasteiger partial charge >= 0.3 is 0 Å². The minimum Gasteiger partial charge on any atom is -0.338 e. The Morgan fingerprint density at radius 1 is 1.42 bits per heavy atom. The van der Waals surface area contributed by atoms with Crippen LogP contribution in [0.3, 0.4) is 0 Å². The average molecular weight is 335 g/mol. The summed E-state index contributed by atoms with van der Waals surface area (Å²) in [5.74, 6) is -1.87. The van der Waals surface area contributed by atoms with E-state index >= 15 is 0 Å². The van der Waals surface area contributed by atoms with Gasteiger partial charge in [-0.3, -0.25) is 4.79 Å². The summed E-state index contributed by atoms with van der Waals surface area (Å²) in [6, 6.07) is 4.02. The molecule has 0 unspecified atom stereocenters. The lowest BCUT2D eigenvalue weighted by atomic mass is 10.2. The maximum absolute atomic E-state index is 13.0. The van der Waals surface area contributed by atoms with Crippen LogP contribution < -0.4 is 0 Å². The Morgan fingerprint density at radius 3 is 2.79 bits per heavy atom. The molecule has 19 heavy (non-hydrogen) atoms. The standard InChI is InChI=1S/C11H6BrF3N2O2/c12-6-3-5(1-2-7(6)13)11-16-9(19-17-11)4-8(18)10(14)15/h1-3,10H,4H2. The number of benzene rings is 1. The first-order valence-corrected chi connectivity index (χ1v) is 5.85. The Kier molecular flexibility index (Phi) is 3.98. The van der Waals surface area contributed by atoms with Crippen LogP contribution in [-0.2, 0) is 11.2 Å². The SMILES string of the molecule is O=C(Cc1nc(-c2ccc(F)c(Br)c2)no1)C(F)F. The van der Waals surface area contributed by atoms with Gasteiger partial charge in [0.1, 0.15) is 5.82 Å². The molecular weight excluding hydrogens is 329 g/mol. The summed E-state index contributed by atoms with van der Waals surface area (Å²) in [5.41, 5.74) is 0.438. The first kappa shape index (κ1) is 13.7. The summed E-state index contributed by atoms with van der Waals surface area (Å²) >= 11 is 3.00. The Hall–Kier alpha value is -1.70. The molecule has 0 radical (unpaired) electrons. The van der Waals surface area contributed by atoms with Crippen molar-refractivity contribution < 1.29 is 22.5 Å². The second-order valence-corrected chi connectivity index (χ2v) is 4.44. The molecule has 0 spiro atoms. The van der Waals surface area contributed by atoms with Crippen LogP contribution in [0, 0.1) is 5.82 Å². The van der Waals surface area contributed by atoms with Gasteiger partial charge < -0.3 is 4.52 Å². The fourth-order valence-electron chi connectivity index (χ4n) is 1.31. The number of nitrogens with zero attached hydrogens (tertiary/aromatic N) is 2. The molecule has 0 bridgehead atoms. The van der Waals surface area contributed by atoms with E-state index in [2.05, 4.69) is 30.6 Å². The molecule has 0 saturated carbocycles. The van der Waals surface area contributed by atoms with Gasteiger partial charge in [-0.15, -0.1) is 0 Å². The van der Waals surface area contributed by atoms with E-state index in [1.165, 1.54) is 18.2 Å². The van der Waals surface area contributed by atoms with Gasteiger partial charge in [0.05, 0.1) is 10.9 Å². The fourth-order valence-corrected chi connectivity index (χ4v) is 1.68. The summed E-state index contributed by atoms with van der Waals surface area (Å²) in [7, 11) is 0. The molecule has 0 saturated heterocycles. The highest BCUT2D eigenvalue weighted by Gasteiger charge is 2.20. The fraction of sp³-hybridized carbons (Fsp3) is 0.182. The Labute approximate surface area is 113 Å². The van der Waals surface area contributed by atoms with Gasteiger partial charge in [-0.2, -0.15) is 4.98 Å². The van der Waals surface area contributed by atoms with Crippen molar-refractivity contribution in [3.05, 3.63) is 34.4 Å². The molecule has 8 heteroatoms. The second-order valence-electron chi connectivity index (χ2n) is 3.58. The largest absolute Gasteiger partial charge is 0.338 e. The quantitative estimate of drug-likeness (QED) is 0.862. The third kappa shape index (κ3) is 3.19. The van der Waals surface area contributed by atoms with Crippen LogP contribution >= 0.6 is 15.9 Å². The predicted octanol–water partition coefficient (Wildman–Crippen LogP) is 3.01.